The van der Waals surface area contributed by atoms with Crippen molar-refractivity contribution >= 4 is 18.3 Å². The van der Waals surface area contributed by atoms with Crippen LogP contribution in [0.25, 0.3) is 0 Å². The quantitative estimate of drug-likeness (QED) is 0.897. The zero-order valence-corrected chi connectivity index (χ0v) is 11.1. The summed E-state index contributed by atoms with van der Waals surface area (Å²) in [6, 6.07) is 4.43. The van der Waals surface area contributed by atoms with Crippen molar-refractivity contribution in [2.24, 2.45) is 5.73 Å². The topological polar surface area (TPSA) is 55.1 Å². The van der Waals surface area contributed by atoms with Crippen LogP contribution in [0.1, 0.15) is 24.5 Å². The third-order valence-corrected chi connectivity index (χ3v) is 2.28. The standard InChI is InChI=1S/C12H15F3N2O.ClH/c1-8(16)6-11(18)17-7-9-2-4-10(5-3-9)12(13,14)15;/h2-5,8H,6-7,16H2,1H3,(H,17,18);1H. The van der Waals surface area contributed by atoms with Crippen LogP contribution in [0.2, 0.25) is 0 Å². The van der Waals surface area contributed by atoms with E-state index in [9.17, 15) is 18.0 Å². The van der Waals surface area contributed by atoms with Gasteiger partial charge in [0.2, 0.25) is 5.91 Å². The maximum atomic E-state index is 12.3. The van der Waals surface area contributed by atoms with E-state index in [1.54, 1.807) is 6.92 Å². The van der Waals surface area contributed by atoms with Gasteiger partial charge in [-0.2, -0.15) is 13.2 Å². The number of benzene rings is 1. The molecule has 0 aliphatic rings. The van der Waals surface area contributed by atoms with Gasteiger partial charge in [-0.25, -0.2) is 0 Å². The number of rotatable bonds is 4. The first kappa shape index (κ1) is 17.7. The predicted molar refractivity (Wildman–Crippen MR) is 68.8 cm³/mol. The SMILES string of the molecule is CC(N)CC(=O)NCc1ccc(C(F)(F)F)cc1.Cl. The number of hydrogen-bond donors (Lipinski definition) is 2. The van der Waals surface area contributed by atoms with E-state index in [1.165, 1.54) is 12.1 Å². The molecule has 1 amide bonds. The number of hydrogen-bond acceptors (Lipinski definition) is 2. The van der Waals surface area contributed by atoms with Crippen molar-refractivity contribution in [1.29, 1.82) is 0 Å². The van der Waals surface area contributed by atoms with Gasteiger partial charge in [0.1, 0.15) is 0 Å². The molecule has 0 saturated carbocycles. The Bertz CT molecular complexity index is 404. The minimum Gasteiger partial charge on any atom is -0.352 e. The number of alkyl halides is 3. The van der Waals surface area contributed by atoms with Gasteiger partial charge in [0.15, 0.2) is 0 Å². The molecule has 1 aromatic rings. The highest BCUT2D eigenvalue weighted by atomic mass is 35.5. The molecule has 0 radical (unpaired) electrons. The molecule has 108 valence electrons. The van der Waals surface area contributed by atoms with Crippen LogP contribution in [0.15, 0.2) is 24.3 Å². The second kappa shape index (κ2) is 7.35. The largest absolute Gasteiger partial charge is 0.416 e. The van der Waals surface area contributed by atoms with Gasteiger partial charge in [0.25, 0.3) is 0 Å². The molecule has 1 aromatic carbocycles. The summed E-state index contributed by atoms with van der Waals surface area (Å²) < 4.78 is 36.9. The molecule has 7 heteroatoms. The summed E-state index contributed by atoms with van der Waals surface area (Å²) in [7, 11) is 0. The van der Waals surface area contributed by atoms with Gasteiger partial charge in [-0.05, 0) is 24.6 Å². The van der Waals surface area contributed by atoms with Crippen LogP contribution < -0.4 is 11.1 Å². The lowest BCUT2D eigenvalue weighted by Crippen LogP contribution is -2.29. The van der Waals surface area contributed by atoms with E-state index in [0.717, 1.165) is 12.1 Å². The van der Waals surface area contributed by atoms with Crippen molar-refractivity contribution in [3.63, 3.8) is 0 Å². The summed E-state index contributed by atoms with van der Waals surface area (Å²) in [6.07, 6.45) is -4.14. The van der Waals surface area contributed by atoms with Crippen LogP contribution in [0, 0.1) is 0 Å². The first-order valence-corrected chi connectivity index (χ1v) is 5.47. The van der Waals surface area contributed by atoms with Crippen LogP contribution in [-0.4, -0.2) is 11.9 Å². The van der Waals surface area contributed by atoms with Crippen molar-refractivity contribution in [1.82, 2.24) is 5.32 Å². The van der Waals surface area contributed by atoms with Gasteiger partial charge < -0.3 is 11.1 Å². The summed E-state index contributed by atoms with van der Waals surface area (Å²) in [5.41, 5.74) is 5.36. The summed E-state index contributed by atoms with van der Waals surface area (Å²) in [5.74, 6) is -0.218. The minimum absolute atomic E-state index is 0. The monoisotopic (exact) mass is 296 g/mol. The number of halogens is 4. The average Bonchev–Trinajstić information content (AvgIpc) is 2.25. The third-order valence-electron chi connectivity index (χ3n) is 2.28. The van der Waals surface area contributed by atoms with Crippen molar-refractivity contribution in [3.8, 4) is 0 Å². The zero-order chi connectivity index (χ0) is 13.8. The number of nitrogens with one attached hydrogen (secondary N) is 1. The highest BCUT2D eigenvalue weighted by molar-refractivity contribution is 5.85. The van der Waals surface area contributed by atoms with Gasteiger partial charge in [-0.1, -0.05) is 12.1 Å². The van der Waals surface area contributed by atoms with E-state index >= 15 is 0 Å². The van der Waals surface area contributed by atoms with Gasteiger partial charge in [0, 0.05) is 19.0 Å². The lowest BCUT2D eigenvalue weighted by atomic mass is 10.1. The summed E-state index contributed by atoms with van der Waals surface area (Å²) >= 11 is 0. The van der Waals surface area contributed by atoms with E-state index in [0.29, 0.717) is 5.56 Å². The van der Waals surface area contributed by atoms with Gasteiger partial charge in [-0.3, -0.25) is 4.79 Å². The molecule has 19 heavy (non-hydrogen) atoms. The van der Waals surface area contributed by atoms with Crippen molar-refractivity contribution in [2.45, 2.75) is 32.1 Å². The lowest BCUT2D eigenvalue weighted by molar-refractivity contribution is -0.137. The fourth-order valence-corrected chi connectivity index (χ4v) is 1.38. The van der Waals surface area contributed by atoms with E-state index in [-0.39, 0.29) is 37.3 Å². The Morgan fingerprint density at radius 1 is 1.32 bits per heavy atom. The Morgan fingerprint density at radius 3 is 2.26 bits per heavy atom. The molecular formula is C12H16ClF3N2O. The summed E-state index contributed by atoms with van der Waals surface area (Å²) in [5, 5.41) is 2.59. The number of carbonyl (C=O) groups is 1. The Kier molecular flexibility index (Phi) is 6.86. The maximum Gasteiger partial charge on any atom is 0.416 e. The smallest absolute Gasteiger partial charge is 0.352 e. The van der Waals surface area contributed by atoms with Gasteiger partial charge in [0.05, 0.1) is 5.56 Å². The molecule has 1 atom stereocenters. The Morgan fingerprint density at radius 2 is 1.84 bits per heavy atom. The fourth-order valence-electron chi connectivity index (χ4n) is 1.38. The van der Waals surface area contributed by atoms with Crippen molar-refractivity contribution in [3.05, 3.63) is 35.4 Å². The highest BCUT2D eigenvalue weighted by Gasteiger charge is 2.29. The van der Waals surface area contributed by atoms with Gasteiger partial charge in [-0.15, -0.1) is 12.4 Å². The van der Waals surface area contributed by atoms with Gasteiger partial charge >= 0.3 is 6.18 Å². The van der Waals surface area contributed by atoms with E-state index in [2.05, 4.69) is 5.32 Å². The molecule has 0 aliphatic heterocycles. The molecule has 0 spiro atoms. The molecule has 1 rings (SSSR count). The molecular weight excluding hydrogens is 281 g/mol. The molecule has 0 heterocycles. The van der Waals surface area contributed by atoms with E-state index in [1.807, 2.05) is 0 Å². The molecule has 3 N–H and O–H groups in total. The van der Waals surface area contributed by atoms with Crippen LogP contribution in [0.3, 0.4) is 0 Å². The normalized spacial score (nSPS) is 12.5. The lowest BCUT2D eigenvalue weighted by Gasteiger charge is -2.09. The van der Waals surface area contributed by atoms with Crippen LogP contribution in [-0.2, 0) is 17.5 Å². The average molecular weight is 297 g/mol. The summed E-state index contributed by atoms with van der Waals surface area (Å²) in [4.78, 5) is 11.3. The zero-order valence-electron chi connectivity index (χ0n) is 10.3. The second-order valence-electron chi connectivity index (χ2n) is 4.15. The van der Waals surface area contributed by atoms with Crippen LogP contribution in [0.4, 0.5) is 13.2 Å². The third kappa shape index (κ3) is 6.45. The molecule has 0 saturated heterocycles. The molecule has 0 bridgehead atoms. The maximum absolute atomic E-state index is 12.3. The van der Waals surface area contributed by atoms with Crippen LogP contribution in [0.5, 0.6) is 0 Å². The second-order valence-corrected chi connectivity index (χ2v) is 4.15. The number of nitrogens with two attached hydrogens (primary N) is 1. The number of amides is 1. The Hall–Kier alpha value is -1.27. The summed E-state index contributed by atoms with van der Waals surface area (Å²) in [6.45, 7) is 1.90. The Labute approximate surface area is 115 Å². The first-order valence-electron chi connectivity index (χ1n) is 5.47. The predicted octanol–water partition coefficient (Wildman–Crippen LogP) is 2.48. The molecule has 0 fully saturated rings. The molecule has 3 nitrogen and oxygen atoms in total. The van der Waals surface area contributed by atoms with E-state index < -0.39 is 11.7 Å². The van der Waals surface area contributed by atoms with Crippen LogP contribution >= 0.6 is 12.4 Å². The molecule has 0 aromatic heterocycles. The van der Waals surface area contributed by atoms with E-state index in [4.69, 9.17) is 5.73 Å². The minimum atomic E-state index is -4.34. The fraction of sp³-hybridized carbons (Fsp3) is 0.417. The Balaban J connectivity index is 0.00000324. The van der Waals surface area contributed by atoms with Crippen molar-refractivity contribution in [2.75, 3.05) is 0 Å². The molecule has 0 aliphatic carbocycles. The number of carbonyl (C=O) groups excluding carboxylic acids is 1. The molecule has 1 unspecified atom stereocenters. The first-order chi connectivity index (χ1) is 8.29. The highest BCUT2D eigenvalue weighted by Crippen LogP contribution is 2.28. The van der Waals surface area contributed by atoms with Crippen molar-refractivity contribution < 1.29 is 18.0 Å².